The molecule has 0 N–H and O–H groups in total. The standard InChI is InChI=1S/C16H28O2/c1-3-4-5-6-7-8-9-10-11-12-13-14-15-16(17)18-2/h4-7H,3,8-15H2,1-2H3. The first-order valence-corrected chi connectivity index (χ1v) is 7.19. The number of allylic oxidation sites excluding steroid dienone is 4. The van der Waals surface area contributed by atoms with E-state index in [9.17, 15) is 4.79 Å². The average molecular weight is 252 g/mol. The molecule has 0 heterocycles. The lowest BCUT2D eigenvalue weighted by molar-refractivity contribution is -0.140. The van der Waals surface area contributed by atoms with Crippen LogP contribution in [0.25, 0.3) is 0 Å². The predicted octanol–water partition coefficient (Wildman–Crippen LogP) is 4.80. The minimum absolute atomic E-state index is 0.0831. The van der Waals surface area contributed by atoms with Crippen molar-refractivity contribution in [3.05, 3.63) is 24.3 Å². The second-order valence-corrected chi connectivity index (χ2v) is 4.50. The summed E-state index contributed by atoms with van der Waals surface area (Å²) in [6, 6.07) is 0. The van der Waals surface area contributed by atoms with E-state index in [-0.39, 0.29) is 5.97 Å². The van der Waals surface area contributed by atoms with Gasteiger partial charge < -0.3 is 4.74 Å². The normalized spacial score (nSPS) is 11.4. The van der Waals surface area contributed by atoms with Gasteiger partial charge in [0.1, 0.15) is 0 Å². The van der Waals surface area contributed by atoms with Crippen LogP contribution in [0.5, 0.6) is 0 Å². The van der Waals surface area contributed by atoms with Crippen molar-refractivity contribution in [1.29, 1.82) is 0 Å². The Balaban J connectivity index is 3.14. The summed E-state index contributed by atoms with van der Waals surface area (Å²) in [6.07, 6.45) is 18.7. The molecule has 0 bridgehead atoms. The fourth-order valence-corrected chi connectivity index (χ4v) is 1.73. The van der Waals surface area contributed by atoms with Crippen LogP contribution in [0, 0.1) is 0 Å². The van der Waals surface area contributed by atoms with Crippen LogP contribution in [0.2, 0.25) is 0 Å². The van der Waals surface area contributed by atoms with E-state index in [2.05, 4.69) is 36.0 Å². The molecule has 0 spiro atoms. The molecule has 0 saturated carbocycles. The number of carbonyl (C=O) groups is 1. The largest absolute Gasteiger partial charge is 0.469 e. The Hall–Kier alpha value is -1.05. The Labute approximate surface area is 112 Å². The molecule has 2 heteroatoms. The van der Waals surface area contributed by atoms with Gasteiger partial charge in [-0.2, -0.15) is 0 Å². The molecule has 18 heavy (non-hydrogen) atoms. The van der Waals surface area contributed by atoms with E-state index in [0.29, 0.717) is 6.42 Å². The van der Waals surface area contributed by atoms with Crippen molar-refractivity contribution < 1.29 is 9.53 Å². The van der Waals surface area contributed by atoms with Crippen molar-refractivity contribution in [2.24, 2.45) is 0 Å². The van der Waals surface area contributed by atoms with Crippen LogP contribution >= 0.6 is 0 Å². The lowest BCUT2D eigenvalue weighted by Gasteiger charge is -2.00. The number of ether oxygens (including phenoxy) is 1. The lowest BCUT2D eigenvalue weighted by Crippen LogP contribution is -1.99. The van der Waals surface area contributed by atoms with Crippen LogP contribution in [0.4, 0.5) is 0 Å². The third kappa shape index (κ3) is 13.0. The first kappa shape index (κ1) is 16.9. The van der Waals surface area contributed by atoms with Crippen molar-refractivity contribution in [3.8, 4) is 0 Å². The van der Waals surface area contributed by atoms with E-state index in [1.807, 2.05) is 0 Å². The highest BCUT2D eigenvalue weighted by molar-refractivity contribution is 5.68. The Morgan fingerprint density at radius 1 is 0.944 bits per heavy atom. The van der Waals surface area contributed by atoms with Crippen LogP contribution in [0.15, 0.2) is 24.3 Å². The Kier molecular flexibility index (Phi) is 13.2. The topological polar surface area (TPSA) is 26.3 Å². The second kappa shape index (κ2) is 14.0. The molecule has 2 nitrogen and oxygen atoms in total. The van der Waals surface area contributed by atoms with E-state index in [1.54, 1.807) is 0 Å². The molecule has 0 unspecified atom stereocenters. The maximum atomic E-state index is 10.9. The maximum Gasteiger partial charge on any atom is 0.305 e. The first-order valence-electron chi connectivity index (χ1n) is 7.19. The third-order valence-corrected chi connectivity index (χ3v) is 2.85. The van der Waals surface area contributed by atoms with Gasteiger partial charge in [-0.25, -0.2) is 0 Å². The van der Waals surface area contributed by atoms with Gasteiger partial charge in [0.25, 0.3) is 0 Å². The minimum atomic E-state index is -0.0831. The zero-order valence-electron chi connectivity index (χ0n) is 12.0. The van der Waals surface area contributed by atoms with Gasteiger partial charge in [-0.15, -0.1) is 0 Å². The lowest BCUT2D eigenvalue weighted by atomic mass is 10.1. The Morgan fingerprint density at radius 2 is 1.56 bits per heavy atom. The molecule has 0 aromatic rings. The molecule has 0 aromatic carbocycles. The number of methoxy groups -OCH3 is 1. The molecular weight excluding hydrogens is 224 g/mol. The van der Waals surface area contributed by atoms with Crippen molar-refractivity contribution in [2.75, 3.05) is 7.11 Å². The molecule has 0 aliphatic carbocycles. The molecule has 0 rings (SSSR count). The summed E-state index contributed by atoms with van der Waals surface area (Å²) in [6.45, 7) is 2.14. The van der Waals surface area contributed by atoms with E-state index < -0.39 is 0 Å². The van der Waals surface area contributed by atoms with Crippen LogP contribution in [-0.4, -0.2) is 13.1 Å². The molecule has 0 atom stereocenters. The van der Waals surface area contributed by atoms with E-state index in [4.69, 9.17) is 0 Å². The number of esters is 1. The fourth-order valence-electron chi connectivity index (χ4n) is 1.73. The highest BCUT2D eigenvalue weighted by atomic mass is 16.5. The van der Waals surface area contributed by atoms with Gasteiger partial charge in [0.2, 0.25) is 0 Å². The van der Waals surface area contributed by atoms with Crippen molar-refractivity contribution in [1.82, 2.24) is 0 Å². The van der Waals surface area contributed by atoms with Crippen molar-refractivity contribution in [3.63, 3.8) is 0 Å². The van der Waals surface area contributed by atoms with Gasteiger partial charge in [0.15, 0.2) is 0 Å². The molecule has 0 aromatic heterocycles. The van der Waals surface area contributed by atoms with E-state index in [0.717, 1.165) is 19.3 Å². The second-order valence-electron chi connectivity index (χ2n) is 4.50. The van der Waals surface area contributed by atoms with Gasteiger partial charge in [0, 0.05) is 6.42 Å². The minimum Gasteiger partial charge on any atom is -0.469 e. The number of carbonyl (C=O) groups excluding carboxylic acids is 1. The molecule has 0 amide bonds. The van der Waals surface area contributed by atoms with Crippen LogP contribution in [0.1, 0.15) is 64.7 Å². The summed E-state index contributed by atoms with van der Waals surface area (Å²) >= 11 is 0. The Bertz CT molecular complexity index is 241. The number of hydrogen-bond donors (Lipinski definition) is 0. The molecule has 0 radical (unpaired) electrons. The summed E-state index contributed by atoms with van der Waals surface area (Å²) in [5.41, 5.74) is 0. The predicted molar refractivity (Wildman–Crippen MR) is 77.5 cm³/mol. The smallest absolute Gasteiger partial charge is 0.305 e. The maximum absolute atomic E-state index is 10.9. The summed E-state index contributed by atoms with van der Waals surface area (Å²) in [5, 5.41) is 0. The molecule has 104 valence electrons. The van der Waals surface area contributed by atoms with Gasteiger partial charge in [-0.1, -0.05) is 56.9 Å². The summed E-state index contributed by atoms with van der Waals surface area (Å²) in [4.78, 5) is 10.9. The summed E-state index contributed by atoms with van der Waals surface area (Å²) in [5.74, 6) is -0.0831. The van der Waals surface area contributed by atoms with Gasteiger partial charge in [-0.3, -0.25) is 4.79 Å². The quantitative estimate of drug-likeness (QED) is 0.300. The molecule has 0 aliphatic heterocycles. The zero-order chi connectivity index (χ0) is 13.5. The number of rotatable bonds is 11. The van der Waals surface area contributed by atoms with Crippen LogP contribution in [0.3, 0.4) is 0 Å². The van der Waals surface area contributed by atoms with Crippen LogP contribution in [-0.2, 0) is 9.53 Å². The highest BCUT2D eigenvalue weighted by Gasteiger charge is 1.98. The first-order chi connectivity index (χ1) is 8.81. The summed E-state index contributed by atoms with van der Waals surface area (Å²) < 4.78 is 4.60. The van der Waals surface area contributed by atoms with Gasteiger partial charge in [0.05, 0.1) is 7.11 Å². The van der Waals surface area contributed by atoms with E-state index >= 15 is 0 Å². The number of hydrogen-bond acceptors (Lipinski definition) is 2. The van der Waals surface area contributed by atoms with Crippen molar-refractivity contribution in [2.45, 2.75) is 64.7 Å². The van der Waals surface area contributed by atoms with Gasteiger partial charge >= 0.3 is 5.97 Å². The molecule has 0 fully saturated rings. The van der Waals surface area contributed by atoms with Crippen molar-refractivity contribution >= 4 is 5.97 Å². The molecule has 0 saturated heterocycles. The highest BCUT2D eigenvalue weighted by Crippen LogP contribution is 2.09. The average Bonchev–Trinajstić information content (AvgIpc) is 2.39. The van der Waals surface area contributed by atoms with Crippen LogP contribution < -0.4 is 0 Å². The zero-order valence-corrected chi connectivity index (χ0v) is 12.0. The molecule has 0 aliphatic rings. The van der Waals surface area contributed by atoms with Gasteiger partial charge in [-0.05, 0) is 25.7 Å². The Morgan fingerprint density at radius 3 is 2.22 bits per heavy atom. The SMILES string of the molecule is CCC=CC=CCCCCCCCCC(=O)OC. The summed E-state index contributed by atoms with van der Waals surface area (Å²) in [7, 11) is 1.45. The fraction of sp³-hybridized carbons (Fsp3) is 0.688. The molecular formula is C16H28O2. The third-order valence-electron chi connectivity index (χ3n) is 2.85. The monoisotopic (exact) mass is 252 g/mol. The number of unbranched alkanes of at least 4 members (excludes halogenated alkanes) is 6. The van der Waals surface area contributed by atoms with E-state index in [1.165, 1.54) is 39.2 Å².